The van der Waals surface area contributed by atoms with Crippen LogP contribution in [0.25, 0.3) is 16.9 Å². The number of carboxylic acids is 1. The molecule has 4 nitrogen and oxygen atoms in total. The minimum absolute atomic E-state index is 0.193. The van der Waals surface area contributed by atoms with Crippen LogP contribution in [0, 0.1) is 0 Å². The van der Waals surface area contributed by atoms with Crippen LogP contribution in [-0.2, 0) is 0 Å². The van der Waals surface area contributed by atoms with E-state index >= 15 is 0 Å². The van der Waals surface area contributed by atoms with E-state index in [4.69, 9.17) is 28.3 Å². The Bertz CT molecular complexity index is 827. The number of hydrogen-bond donors (Lipinski definition) is 1. The number of benzene rings is 1. The molecule has 20 heavy (non-hydrogen) atoms. The van der Waals surface area contributed by atoms with Crippen LogP contribution in [0.3, 0.4) is 0 Å². The van der Waals surface area contributed by atoms with E-state index < -0.39 is 5.97 Å². The summed E-state index contributed by atoms with van der Waals surface area (Å²) in [5.41, 5.74) is 2.18. The zero-order valence-corrected chi connectivity index (χ0v) is 11.6. The van der Waals surface area contributed by atoms with E-state index in [-0.39, 0.29) is 5.56 Å². The largest absolute Gasteiger partial charge is 0.478 e. The standard InChI is InChI=1S/C14H8Cl2N2O2/c15-10-3-1-2-9(13(10)16)11-7-18-6-8(14(19)20)4-5-12(18)17-11/h1-7H,(H,19,20). The van der Waals surface area contributed by atoms with Gasteiger partial charge in [0, 0.05) is 18.0 Å². The van der Waals surface area contributed by atoms with E-state index in [1.807, 2.05) is 6.07 Å². The summed E-state index contributed by atoms with van der Waals surface area (Å²) in [5, 5.41) is 9.85. The Hall–Kier alpha value is -2.04. The molecular weight excluding hydrogens is 299 g/mol. The van der Waals surface area contributed by atoms with Crippen molar-refractivity contribution >= 4 is 34.8 Å². The van der Waals surface area contributed by atoms with Crippen LogP contribution >= 0.6 is 23.2 Å². The number of aromatic nitrogens is 2. The zero-order valence-electron chi connectivity index (χ0n) is 10.0. The number of hydrogen-bond acceptors (Lipinski definition) is 2. The Morgan fingerprint density at radius 1 is 1.15 bits per heavy atom. The van der Waals surface area contributed by atoms with E-state index in [1.165, 1.54) is 12.3 Å². The lowest BCUT2D eigenvalue weighted by molar-refractivity contribution is 0.0696. The minimum atomic E-state index is -0.983. The number of aromatic carboxylic acids is 1. The molecule has 0 amide bonds. The van der Waals surface area contributed by atoms with Crippen LogP contribution in [0.2, 0.25) is 10.0 Å². The van der Waals surface area contributed by atoms with E-state index in [9.17, 15) is 4.79 Å². The number of carbonyl (C=O) groups is 1. The minimum Gasteiger partial charge on any atom is -0.478 e. The highest BCUT2D eigenvalue weighted by Gasteiger charge is 2.11. The molecule has 0 saturated carbocycles. The van der Waals surface area contributed by atoms with E-state index in [0.717, 1.165) is 0 Å². The first kappa shape index (κ1) is 13.0. The third-order valence-electron chi connectivity index (χ3n) is 2.93. The molecule has 100 valence electrons. The van der Waals surface area contributed by atoms with Gasteiger partial charge in [-0.25, -0.2) is 9.78 Å². The number of rotatable bonds is 2. The third kappa shape index (κ3) is 2.13. The van der Waals surface area contributed by atoms with Crippen molar-refractivity contribution in [3.8, 4) is 11.3 Å². The molecule has 0 aliphatic heterocycles. The lowest BCUT2D eigenvalue weighted by Gasteiger charge is -2.01. The Morgan fingerprint density at radius 2 is 1.95 bits per heavy atom. The summed E-state index contributed by atoms with van der Waals surface area (Å²) in [4.78, 5) is 15.4. The van der Waals surface area contributed by atoms with Crippen molar-refractivity contribution in [2.75, 3.05) is 0 Å². The fourth-order valence-electron chi connectivity index (χ4n) is 1.95. The Labute approximate surface area is 124 Å². The highest BCUT2D eigenvalue weighted by Crippen LogP contribution is 2.32. The van der Waals surface area contributed by atoms with E-state index in [1.54, 1.807) is 28.8 Å². The third-order valence-corrected chi connectivity index (χ3v) is 3.74. The van der Waals surface area contributed by atoms with Crippen molar-refractivity contribution < 1.29 is 9.90 Å². The number of pyridine rings is 1. The van der Waals surface area contributed by atoms with Crippen molar-refractivity contribution in [3.05, 3.63) is 58.3 Å². The highest BCUT2D eigenvalue weighted by molar-refractivity contribution is 6.43. The van der Waals surface area contributed by atoms with Crippen molar-refractivity contribution in [2.24, 2.45) is 0 Å². The summed E-state index contributed by atoms with van der Waals surface area (Å²) in [6.07, 6.45) is 3.23. The fraction of sp³-hybridized carbons (Fsp3) is 0. The summed E-state index contributed by atoms with van der Waals surface area (Å²) in [6, 6.07) is 8.45. The SMILES string of the molecule is O=C(O)c1ccc2nc(-c3cccc(Cl)c3Cl)cn2c1. The normalized spacial score (nSPS) is 10.9. The van der Waals surface area contributed by atoms with Crippen LogP contribution in [0.1, 0.15) is 10.4 Å². The molecule has 0 aliphatic carbocycles. The van der Waals surface area contributed by atoms with Crippen LogP contribution in [0.5, 0.6) is 0 Å². The Balaban J connectivity index is 2.18. The van der Waals surface area contributed by atoms with Gasteiger partial charge in [0.15, 0.2) is 0 Å². The quantitative estimate of drug-likeness (QED) is 0.778. The smallest absolute Gasteiger partial charge is 0.337 e. The maximum absolute atomic E-state index is 10.9. The summed E-state index contributed by atoms with van der Waals surface area (Å²) in [6.45, 7) is 0. The van der Waals surface area contributed by atoms with Gasteiger partial charge < -0.3 is 9.51 Å². The molecule has 0 aliphatic rings. The number of imidazole rings is 1. The molecular formula is C14H8Cl2N2O2. The maximum Gasteiger partial charge on any atom is 0.337 e. The molecule has 0 fully saturated rings. The van der Waals surface area contributed by atoms with E-state index in [2.05, 4.69) is 4.98 Å². The molecule has 0 spiro atoms. The molecule has 2 aromatic heterocycles. The molecule has 3 rings (SSSR count). The first-order valence-electron chi connectivity index (χ1n) is 5.72. The maximum atomic E-state index is 10.9. The first-order valence-corrected chi connectivity index (χ1v) is 6.48. The molecule has 6 heteroatoms. The van der Waals surface area contributed by atoms with Crippen molar-refractivity contribution in [1.82, 2.24) is 9.38 Å². The van der Waals surface area contributed by atoms with Crippen molar-refractivity contribution in [2.45, 2.75) is 0 Å². The van der Waals surface area contributed by atoms with Crippen LogP contribution < -0.4 is 0 Å². The molecule has 0 unspecified atom stereocenters. The molecule has 0 bridgehead atoms. The summed E-state index contributed by atoms with van der Waals surface area (Å²) in [5.74, 6) is -0.983. The van der Waals surface area contributed by atoms with Gasteiger partial charge in [-0.2, -0.15) is 0 Å². The Morgan fingerprint density at radius 3 is 2.70 bits per heavy atom. The van der Waals surface area contributed by atoms with Gasteiger partial charge in [-0.3, -0.25) is 0 Å². The topological polar surface area (TPSA) is 54.6 Å². The second kappa shape index (κ2) is 4.81. The van der Waals surface area contributed by atoms with Crippen LogP contribution in [-0.4, -0.2) is 20.5 Å². The zero-order chi connectivity index (χ0) is 14.3. The van der Waals surface area contributed by atoms with Crippen molar-refractivity contribution in [3.63, 3.8) is 0 Å². The average Bonchev–Trinajstić information content (AvgIpc) is 2.84. The summed E-state index contributed by atoms with van der Waals surface area (Å²) in [7, 11) is 0. The average molecular weight is 307 g/mol. The van der Waals surface area contributed by atoms with Gasteiger partial charge in [0.25, 0.3) is 0 Å². The first-order chi connectivity index (χ1) is 9.56. The van der Waals surface area contributed by atoms with E-state index in [0.29, 0.717) is 26.9 Å². The predicted octanol–water partition coefficient (Wildman–Crippen LogP) is 4.01. The van der Waals surface area contributed by atoms with Gasteiger partial charge in [-0.15, -0.1) is 0 Å². The second-order valence-electron chi connectivity index (χ2n) is 4.22. The van der Waals surface area contributed by atoms with Gasteiger partial charge in [0.1, 0.15) is 5.65 Å². The monoisotopic (exact) mass is 306 g/mol. The Kier molecular flexibility index (Phi) is 3.12. The summed E-state index contributed by atoms with van der Waals surface area (Å²) < 4.78 is 1.65. The molecule has 0 saturated heterocycles. The van der Waals surface area contributed by atoms with Gasteiger partial charge in [-0.05, 0) is 18.2 Å². The summed E-state index contributed by atoms with van der Waals surface area (Å²) >= 11 is 12.1. The predicted molar refractivity (Wildman–Crippen MR) is 77.6 cm³/mol. The van der Waals surface area contributed by atoms with Gasteiger partial charge in [0.2, 0.25) is 0 Å². The molecule has 3 aromatic rings. The number of nitrogens with zero attached hydrogens (tertiary/aromatic N) is 2. The van der Waals surface area contributed by atoms with Crippen molar-refractivity contribution in [1.29, 1.82) is 0 Å². The fourth-order valence-corrected chi connectivity index (χ4v) is 2.35. The van der Waals surface area contributed by atoms with Crippen LogP contribution in [0.4, 0.5) is 0 Å². The lowest BCUT2D eigenvalue weighted by Crippen LogP contribution is -1.97. The molecule has 2 heterocycles. The van der Waals surface area contributed by atoms with Crippen LogP contribution in [0.15, 0.2) is 42.7 Å². The molecule has 1 aromatic carbocycles. The molecule has 0 radical (unpaired) electrons. The molecule has 0 atom stereocenters. The number of carboxylic acid groups (broad SMARTS) is 1. The highest BCUT2D eigenvalue weighted by atomic mass is 35.5. The van der Waals surface area contributed by atoms with Gasteiger partial charge >= 0.3 is 5.97 Å². The number of halogens is 2. The number of fused-ring (bicyclic) bond motifs is 1. The second-order valence-corrected chi connectivity index (χ2v) is 5.00. The lowest BCUT2D eigenvalue weighted by atomic mass is 10.2. The molecule has 1 N–H and O–H groups in total. The van der Waals surface area contributed by atoms with Gasteiger partial charge in [-0.1, -0.05) is 35.3 Å². The van der Waals surface area contributed by atoms with Gasteiger partial charge in [0.05, 0.1) is 21.3 Å².